The summed E-state index contributed by atoms with van der Waals surface area (Å²) in [4.78, 5) is 54.1. The fourth-order valence-corrected chi connectivity index (χ4v) is 4.11. The Labute approximate surface area is 224 Å². The number of hydrogen-bond donors (Lipinski definition) is 2. The van der Waals surface area contributed by atoms with Crippen molar-refractivity contribution in [3.63, 3.8) is 0 Å². The maximum absolute atomic E-state index is 12.6. The van der Waals surface area contributed by atoms with Crippen LogP contribution in [0.25, 0.3) is 0 Å². The number of carbonyl (C=O) groups is 4. The molecule has 10 heteroatoms. The van der Waals surface area contributed by atoms with Crippen LogP contribution >= 0.6 is 23.2 Å². The molecule has 1 aromatic heterocycles. The smallest absolute Gasteiger partial charge is 0.328 e. The maximum atomic E-state index is 12.6. The lowest BCUT2D eigenvalue weighted by Gasteiger charge is -2.17. The minimum atomic E-state index is -1.10. The quantitative estimate of drug-likeness (QED) is 0.354. The molecule has 1 heterocycles. The molecule has 0 saturated heterocycles. The van der Waals surface area contributed by atoms with Gasteiger partial charge in [-0.1, -0.05) is 47.5 Å². The number of hydrogen-bond acceptors (Lipinski definition) is 6. The third kappa shape index (κ3) is 8.13. The molecule has 3 rings (SSSR count). The highest BCUT2D eigenvalue weighted by Crippen LogP contribution is 2.24. The Morgan fingerprint density at radius 2 is 1.68 bits per heavy atom. The van der Waals surface area contributed by atoms with Crippen molar-refractivity contribution in [2.75, 3.05) is 13.7 Å². The van der Waals surface area contributed by atoms with E-state index >= 15 is 0 Å². The van der Waals surface area contributed by atoms with Gasteiger partial charge in [0.25, 0.3) is 11.8 Å². The monoisotopic (exact) mass is 541 g/mol. The number of methoxy groups -OCH3 is 1. The Hall–Kier alpha value is -3.75. The van der Waals surface area contributed by atoms with Gasteiger partial charge in [-0.2, -0.15) is 0 Å². The van der Waals surface area contributed by atoms with Crippen LogP contribution < -0.4 is 10.6 Å². The lowest BCUT2D eigenvalue weighted by molar-refractivity contribution is -0.143. The predicted octanol–water partition coefficient (Wildman–Crippen LogP) is 4.03. The van der Waals surface area contributed by atoms with Gasteiger partial charge in [-0.3, -0.25) is 19.4 Å². The molecule has 0 aliphatic rings. The van der Waals surface area contributed by atoms with Gasteiger partial charge in [-0.25, -0.2) is 4.79 Å². The van der Waals surface area contributed by atoms with E-state index in [1.165, 1.54) is 19.2 Å². The van der Waals surface area contributed by atoms with Crippen molar-refractivity contribution in [3.8, 4) is 0 Å². The van der Waals surface area contributed by atoms with Crippen molar-refractivity contribution in [1.82, 2.24) is 15.6 Å². The van der Waals surface area contributed by atoms with E-state index in [4.69, 9.17) is 27.9 Å². The van der Waals surface area contributed by atoms with Crippen LogP contribution in [0.4, 0.5) is 0 Å². The van der Waals surface area contributed by atoms with Crippen molar-refractivity contribution >= 4 is 46.8 Å². The molecule has 2 aromatic carbocycles. The zero-order valence-electron chi connectivity index (χ0n) is 20.0. The summed E-state index contributed by atoms with van der Waals surface area (Å²) in [5.74, 6) is -2.12. The molecule has 0 spiro atoms. The number of ketones is 1. The van der Waals surface area contributed by atoms with E-state index in [9.17, 15) is 19.2 Å². The van der Waals surface area contributed by atoms with E-state index in [0.29, 0.717) is 12.0 Å². The number of esters is 1. The van der Waals surface area contributed by atoms with Crippen molar-refractivity contribution in [3.05, 3.63) is 99.3 Å². The largest absolute Gasteiger partial charge is 0.467 e. The lowest BCUT2D eigenvalue weighted by atomic mass is 10.1. The highest BCUT2D eigenvalue weighted by molar-refractivity contribution is 6.39. The van der Waals surface area contributed by atoms with Gasteiger partial charge in [0, 0.05) is 30.3 Å². The minimum absolute atomic E-state index is 0.0172. The number of nitrogens with one attached hydrogen (secondary N) is 2. The molecule has 0 aliphatic heterocycles. The van der Waals surface area contributed by atoms with Crippen LogP contribution in [0.15, 0.2) is 66.9 Å². The van der Waals surface area contributed by atoms with Crippen LogP contribution in [-0.4, -0.2) is 48.2 Å². The first-order valence-electron chi connectivity index (χ1n) is 11.4. The second-order valence-corrected chi connectivity index (χ2v) is 8.92. The molecule has 0 unspecified atom stereocenters. The molecule has 1 atom stereocenters. The van der Waals surface area contributed by atoms with E-state index in [-0.39, 0.29) is 40.8 Å². The number of aromatic nitrogens is 1. The van der Waals surface area contributed by atoms with Crippen LogP contribution in [0.5, 0.6) is 0 Å². The average Bonchev–Trinajstić information content (AvgIpc) is 2.89. The molecule has 192 valence electrons. The van der Waals surface area contributed by atoms with E-state index in [1.807, 2.05) is 24.3 Å². The summed E-state index contributed by atoms with van der Waals surface area (Å²) in [6.45, 7) is -0.235. The van der Waals surface area contributed by atoms with E-state index in [0.717, 1.165) is 11.3 Å². The van der Waals surface area contributed by atoms with Gasteiger partial charge in [0.2, 0.25) is 0 Å². The van der Waals surface area contributed by atoms with Crippen LogP contribution in [0.2, 0.25) is 10.0 Å². The molecular weight excluding hydrogens is 517 g/mol. The van der Waals surface area contributed by atoms with Gasteiger partial charge in [-0.15, -0.1) is 0 Å². The van der Waals surface area contributed by atoms with Crippen molar-refractivity contribution in [2.45, 2.75) is 25.3 Å². The SMILES string of the molecule is COC(=O)[C@H](CCC(=O)CNC(=O)c1cccc(Cc2ccccn2)c1)NC(=O)c1c(Cl)cccc1Cl. The summed E-state index contributed by atoms with van der Waals surface area (Å²) < 4.78 is 4.75. The number of amides is 2. The summed E-state index contributed by atoms with van der Waals surface area (Å²) in [6, 6.07) is 16.2. The number of halogens is 2. The number of pyridine rings is 1. The summed E-state index contributed by atoms with van der Waals surface area (Å²) >= 11 is 12.1. The number of Topliss-reactive ketones (excluding diaryl/α,β-unsaturated/α-hetero) is 1. The Bertz CT molecular complexity index is 1260. The fraction of sp³-hybridized carbons (Fsp3) is 0.222. The Kier molecular flexibility index (Phi) is 10.2. The zero-order chi connectivity index (χ0) is 26.8. The lowest BCUT2D eigenvalue weighted by Crippen LogP contribution is -2.42. The van der Waals surface area contributed by atoms with Gasteiger partial charge < -0.3 is 15.4 Å². The number of carbonyl (C=O) groups excluding carboxylic acids is 4. The van der Waals surface area contributed by atoms with Crippen molar-refractivity contribution in [1.29, 1.82) is 0 Å². The van der Waals surface area contributed by atoms with Crippen LogP contribution in [0.1, 0.15) is 44.8 Å². The van der Waals surface area contributed by atoms with Gasteiger partial charge in [-0.05, 0) is 48.4 Å². The number of ether oxygens (including phenoxy) is 1. The maximum Gasteiger partial charge on any atom is 0.328 e. The third-order valence-corrected chi connectivity index (χ3v) is 6.07. The topological polar surface area (TPSA) is 114 Å². The normalized spacial score (nSPS) is 11.3. The molecule has 0 saturated carbocycles. The standard InChI is InChI=1S/C27H25Cl2N3O5/c1-37-27(36)23(32-26(35)24-21(28)9-5-10-22(24)29)12-11-20(33)16-31-25(34)18-7-4-6-17(14-18)15-19-8-2-3-13-30-19/h2-10,13-14,23H,11-12,15-16H2,1H3,(H,31,34)(H,32,35)/t23-/m0/s1. The highest BCUT2D eigenvalue weighted by Gasteiger charge is 2.25. The van der Waals surface area contributed by atoms with Crippen LogP contribution in [-0.2, 0) is 20.7 Å². The van der Waals surface area contributed by atoms with E-state index < -0.39 is 23.8 Å². The first kappa shape index (κ1) is 27.8. The van der Waals surface area contributed by atoms with Gasteiger partial charge >= 0.3 is 5.97 Å². The summed E-state index contributed by atoms with van der Waals surface area (Å²) in [7, 11) is 1.17. The van der Waals surface area contributed by atoms with Crippen LogP contribution in [0.3, 0.4) is 0 Å². The summed E-state index contributed by atoms with van der Waals surface area (Å²) in [5, 5.41) is 5.35. The Morgan fingerprint density at radius 1 is 0.946 bits per heavy atom. The highest BCUT2D eigenvalue weighted by atomic mass is 35.5. The predicted molar refractivity (Wildman–Crippen MR) is 140 cm³/mol. The summed E-state index contributed by atoms with van der Waals surface area (Å²) in [5.41, 5.74) is 2.22. The number of benzene rings is 2. The van der Waals surface area contributed by atoms with E-state index in [1.54, 1.807) is 30.5 Å². The molecule has 0 radical (unpaired) electrons. The molecular formula is C27H25Cl2N3O5. The zero-order valence-corrected chi connectivity index (χ0v) is 21.5. The van der Waals surface area contributed by atoms with Gasteiger partial charge in [0.1, 0.15) is 6.04 Å². The molecule has 8 nitrogen and oxygen atoms in total. The number of nitrogens with zero attached hydrogens (tertiary/aromatic N) is 1. The average molecular weight is 542 g/mol. The fourth-order valence-electron chi connectivity index (χ4n) is 3.55. The van der Waals surface area contributed by atoms with Crippen molar-refractivity contribution in [2.24, 2.45) is 0 Å². The molecule has 0 aliphatic carbocycles. The Morgan fingerprint density at radius 3 is 2.35 bits per heavy atom. The van der Waals surface area contributed by atoms with Gasteiger partial charge in [0.15, 0.2) is 5.78 Å². The third-order valence-electron chi connectivity index (χ3n) is 5.44. The second-order valence-electron chi connectivity index (χ2n) is 8.10. The first-order chi connectivity index (χ1) is 17.8. The molecule has 0 fully saturated rings. The molecule has 0 bridgehead atoms. The second kappa shape index (κ2) is 13.5. The van der Waals surface area contributed by atoms with E-state index in [2.05, 4.69) is 15.6 Å². The molecule has 37 heavy (non-hydrogen) atoms. The summed E-state index contributed by atoms with van der Waals surface area (Å²) in [6.07, 6.45) is 2.16. The number of rotatable bonds is 11. The molecule has 3 aromatic rings. The van der Waals surface area contributed by atoms with Crippen molar-refractivity contribution < 1.29 is 23.9 Å². The first-order valence-corrected chi connectivity index (χ1v) is 12.2. The van der Waals surface area contributed by atoms with Crippen LogP contribution in [0, 0.1) is 0 Å². The van der Waals surface area contributed by atoms with Gasteiger partial charge in [0.05, 0.1) is 29.3 Å². The Balaban J connectivity index is 1.53. The minimum Gasteiger partial charge on any atom is -0.467 e. The molecule has 2 N–H and O–H groups in total. The molecule has 2 amide bonds.